The van der Waals surface area contributed by atoms with E-state index in [9.17, 15) is 0 Å². The van der Waals surface area contributed by atoms with Crippen LogP contribution in [0.15, 0.2) is 68.7 Å². The topological polar surface area (TPSA) is 81.1 Å². The van der Waals surface area contributed by atoms with Gasteiger partial charge < -0.3 is 13.7 Å². The molecule has 4 rings (SSSR count). The van der Waals surface area contributed by atoms with Crippen molar-refractivity contribution in [2.75, 3.05) is 18.0 Å². The van der Waals surface area contributed by atoms with Crippen molar-refractivity contribution in [3.63, 3.8) is 0 Å². The van der Waals surface area contributed by atoms with Gasteiger partial charge in [-0.05, 0) is 57.2 Å². The Hall–Kier alpha value is -3.13. The fourth-order valence-corrected chi connectivity index (χ4v) is 3.79. The lowest BCUT2D eigenvalue weighted by atomic mass is 10.2. The van der Waals surface area contributed by atoms with E-state index in [1.54, 1.807) is 0 Å². The number of hydrogen-bond acceptors (Lipinski definition) is 8. The second kappa shape index (κ2) is 9.13. The van der Waals surface area contributed by atoms with Crippen LogP contribution in [0.4, 0.5) is 5.69 Å². The molecule has 0 amide bonds. The lowest BCUT2D eigenvalue weighted by Gasteiger charge is -2.20. The van der Waals surface area contributed by atoms with Gasteiger partial charge in [0.25, 0.3) is 5.22 Å². The molecule has 0 spiro atoms. The molecule has 0 radical (unpaired) electrons. The highest BCUT2D eigenvalue weighted by Crippen LogP contribution is 2.35. The summed E-state index contributed by atoms with van der Waals surface area (Å²) in [6, 6.07) is 17.8. The number of rotatable bonds is 8. The lowest BCUT2D eigenvalue weighted by Crippen LogP contribution is -2.21. The number of aromatic nitrogens is 4. The van der Waals surface area contributed by atoms with E-state index in [1.807, 2.05) is 49.4 Å². The zero-order valence-corrected chi connectivity index (χ0v) is 18.0. The molecule has 0 fully saturated rings. The van der Waals surface area contributed by atoms with Gasteiger partial charge in [-0.3, -0.25) is 0 Å². The maximum Gasteiger partial charge on any atom is 0.277 e. The summed E-state index contributed by atoms with van der Waals surface area (Å²) < 4.78 is 11.7. The third-order valence-corrected chi connectivity index (χ3v) is 5.66. The van der Waals surface area contributed by atoms with Crippen molar-refractivity contribution in [2.24, 2.45) is 0 Å². The van der Waals surface area contributed by atoms with Crippen LogP contribution in [0.5, 0.6) is 0 Å². The zero-order chi connectivity index (χ0) is 20.9. The molecule has 0 aliphatic rings. The molecule has 7 nitrogen and oxygen atoms in total. The van der Waals surface area contributed by atoms with Crippen LogP contribution >= 0.6 is 11.8 Å². The third-order valence-electron chi connectivity index (χ3n) is 4.74. The maximum absolute atomic E-state index is 5.84. The van der Waals surface area contributed by atoms with Crippen LogP contribution in [0.3, 0.4) is 0 Å². The van der Waals surface area contributed by atoms with E-state index < -0.39 is 0 Å². The molecular formula is C22H23N5O2S. The first-order valence-corrected chi connectivity index (χ1v) is 10.8. The van der Waals surface area contributed by atoms with Crippen LogP contribution in [-0.2, 0) is 0 Å². The Balaban J connectivity index is 1.44. The van der Waals surface area contributed by atoms with E-state index in [0.29, 0.717) is 22.9 Å². The first-order valence-electron chi connectivity index (χ1n) is 9.92. The Morgan fingerprint density at radius 1 is 0.800 bits per heavy atom. The van der Waals surface area contributed by atoms with Crippen LogP contribution in [0.25, 0.3) is 22.9 Å². The SMILES string of the molecule is CCN(CC)c1ccc(-c2nnc(S[C@H](C)c3nnc(-c4ccccc4)o3)o2)cc1. The van der Waals surface area contributed by atoms with Crippen molar-refractivity contribution in [3.8, 4) is 22.9 Å². The first-order chi connectivity index (χ1) is 14.7. The van der Waals surface area contributed by atoms with Gasteiger partial charge in [-0.25, -0.2) is 0 Å². The summed E-state index contributed by atoms with van der Waals surface area (Å²) >= 11 is 1.39. The van der Waals surface area contributed by atoms with Crippen LogP contribution in [0, 0.1) is 0 Å². The second-order valence-electron chi connectivity index (χ2n) is 6.66. The maximum atomic E-state index is 5.84. The van der Waals surface area contributed by atoms with Gasteiger partial charge in [0.15, 0.2) is 0 Å². The van der Waals surface area contributed by atoms with Gasteiger partial charge in [0.1, 0.15) is 0 Å². The molecule has 154 valence electrons. The Labute approximate surface area is 179 Å². The molecule has 0 unspecified atom stereocenters. The second-order valence-corrected chi connectivity index (χ2v) is 7.96. The highest BCUT2D eigenvalue weighted by atomic mass is 32.2. The smallest absolute Gasteiger partial charge is 0.277 e. The minimum atomic E-state index is -0.117. The van der Waals surface area contributed by atoms with E-state index in [0.717, 1.165) is 24.2 Å². The molecule has 8 heteroatoms. The van der Waals surface area contributed by atoms with Gasteiger partial charge in [-0.1, -0.05) is 30.0 Å². The fraction of sp³-hybridized carbons (Fsp3) is 0.273. The minimum absolute atomic E-state index is 0.117. The molecule has 0 aliphatic heterocycles. The van der Waals surface area contributed by atoms with Crippen molar-refractivity contribution in [1.82, 2.24) is 20.4 Å². The summed E-state index contributed by atoms with van der Waals surface area (Å²) in [4.78, 5) is 2.29. The quantitative estimate of drug-likeness (QED) is 0.346. The molecule has 2 aromatic carbocycles. The van der Waals surface area contributed by atoms with Crippen molar-refractivity contribution >= 4 is 17.4 Å². The third kappa shape index (κ3) is 4.38. The van der Waals surface area contributed by atoms with Gasteiger partial charge in [0.2, 0.25) is 17.7 Å². The Kier molecular flexibility index (Phi) is 6.13. The molecule has 0 saturated carbocycles. The molecular weight excluding hydrogens is 398 g/mol. The van der Waals surface area contributed by atoms with E-state index in [1.165, 1.54) is 17.4 Å². The van der Waals surface area contributed by atoms with Crippen LogP contribution in [0.1, 0.15) is 31.9 Å². The van der Waals surface area contributed by atoms with Gasteiger partial charge in [-0.15, -0.1) is 20.4 Å². The van der Waals surface area contributed by atoms with Gasteiger partial charge >= 0.3 is 0 Å². The van der Waals surface area contributed by atoms with Crippen LogP contribution in [0.2, 0.25) is 0 Å². The summed E-state index contributed by atoms with van der Waals surface area (Å²) in [6.45, 7) is 8.20. The minimum Gasteiger partial charge on any atom is -0.419 e. The van der Waals surface area contributed by atoms with Crippen molar-refractivity contribution in [3.05, 3.63) is 60.5 Å². The Bertz CT molecular complexity index is 1070. The average Bonchev–Trinajstić information content (AvgIpc) is 3.46. The average molecular weight is 422 g/mol. The number of hydrogen-bond donors (Lipinski definition) is 0. The summed E-state index contributed by atoms with van der Waals surface area (Å²) in [5.41, 5.74) is 2.96. The Morgan fingerprint density at radius 2 is 1.43 bits per heavy atom. The van der Waals surface area contributed by atoms with Gasteiger partial charge in [0, 0.05) is 29.9 Å². The highest BCUT2D eigenvalue weighted by molar-refractivity contribution is 7.99. The van der Waals surface area contributed by atoms with Crippen LogP contribution < -0.4 is 4.90 Å². The summed E-state index contributed by atoms with van der Waals surface area (Å²) in [5, 5.41) is 17.0. The summed E-state index contributed by atoms with van der Waals surface area (Å²) in [6.07, 6.45) is 0. The predicted molar refractivity (Wildman–Crippen MR) is 117 cm³/mol. The largest absolute Gasteiger partial charge is 0.419 e. The van der Waals surface area contributed by atoms with Crippen molar-refractivity contribution in [1.29, 1.82) is 0 Å². The predicted octanol–water partition coefficient (Wildman–Crippen LogP) is 5.49. The van der Waals surface area contributed by atoms with Crippen molar-refractivity contribution < 1.29 is 8.83 Å². The Morgan fingerprint density at radius 3 is 2.13 bits per heavy atom. The molecule has 30 heavy (non-hydrogen) atoms. The molecule has 0 N–H and O–H groups in total. The van der Waals surface area contributed by atoms with Gasteiger partial charge in [0.05, 0.1) is 5.25 Å². The van der Waals surface area contributed by atoms with Crippen LogP contribution in [-0.4, -0.2) is 33.5 Å². The lowest BCUT2D eigenvalue weighted by molar-refractivity contribution is 0.461. The monoisotopic (exact) mass is 421 g/mol. The van der Waals surface area contributed by atoms with E-state index in [4.69, 9.17) is 8.83 Å². The summed E-state index contributed by atoms with van der Waals surface area (Å²) in [7, 11) is 0. The van der Waals surface area contributed by atoms with Crippen molar-refractivity contribution in [2.45, 2.75) is 31.2 Å². The number of thioether (sulfide) groups is 1. The standard InChI is InChI=1S/C22H23N5O2S/c1-4-27(5-2)18-13-11-17(12-14-18)21-25-26-22(29-21)30-15(3)19-23-24-20(28-19)16-9-7-6-8-10-16/h6-15H,4-5H2,1-3H3/t15-/m1/s1. The number of benzene rings is 2. The summed E-state index contributed by atoms with van der Waals surface area (Å²) in [5.74, 6) is 1.51. The van der Waals surface area contributed by atoms with E-state index in [2.05, 4.69) is 51.3 Å². The molecule has 1 atom stereocenters. The van der Waals surface area contributed by atoms with E-state index >= 15 is 0 Å². The number of anilines is 1. The molecule has 0 aliphatic carbocycles. The molecule has 2 aromatic heterocycles. The molecule has 4 aromatic rings. The zero-order valence-electron chi connectivity index (χ0n) is 17.1. The number of nitrogens with zero attached hydrogens (tertiary/aromatic N) is 5. The highest BCUT2D eigenvalue weighted by Gasteiger charge is 2.20. The molecule has 0 bridgehead atoms. The molecule has 2 heterocycles. The molecule has 0 saturated heterocycles. The first kappa shape index (κ1) is 20.2. The van der Waals surface area contributed by atoms with Gasteiger partial charge in [-0.2, -0.15) is 0 Å². The van der Waals surface area contributed by atoms with E-state index in [-0.39, 0.29) is 5.25 Å². The fourth-order valence-electron chi connectivity index (χ4n) is 3.08. The normalized spacial score (nSPS) is 12.1.